The molecule has 9 heteroatoms. The Balaban J connectivity index is 1.52. The molecule has 0 aliphatic rings. The van der Waals surface area contributed by atoms with Crippen LogP contribution in [0.2, 0.25) is 0 Å². The molecule has 2 heterocycles. The van der Waals surface area contributed by atoms with Gasteiger partial charge in [-0.25, -0.2) is 4.98 Å². The molecule has 27 heavy (non-hydrogen) atoms. The number of hydrogen-bond donors (Lipinski definition) is 1. The van der Waals surface area contributed by atoms with E-state index >= 15 is 0 Å². The van der Waals surface area contributed by atoms with Crippen molar-refractivity contribution in [2.24, 2.45) is 0 Å². The summed E-state index contributed by atoms with van der Waals surface area (Å²) in [5.74, 6) is 0.232. The molecule has 7 nitrogen and oxygen atoms in total. The number of non-ortho nitro benzene ring substituents is 1. The van der Waals surface area contributed by atoms with Crippen molar-refractivity contribution in [3.8, 4) is 5.75 Å². The van der Waals surface area contributed by atoms with Gasteiger partial charge >= 0.3 is 0 Å². The lowest BCUT2D eigenvalue weighted by Crippen LogP contribution is -2.20. The molecule has 0 saturated heterocycles. The summed E-state index contributed by atoms with van der Waals surface area (Å²) in [7, 11) is 0. The minimum atomic E-state index is -0.508. The minimum Gasteiger partial charge on any atom is -0.483 e. The van der Waals surface area contributed by atoms with Gasteiger partial charge in [-0.1, -0.05) is 6.07 Å². The number of rotatable bonds is 5. The van der Waals surface area contributed by atoms with E-state index in [1.165, 1.54) is 18.2 Å². The highest BCUT2D eigenvalue weighted by Gasteiger charge is 2.14. The van der Waals surface area contributed by atoms with Crippen molar-refractivity contribution in [3.63, 3.8) is 0 Å². The third-order valence-corrected chi connectivity index (χ3v) is 5.71. The summed E-state index contributed by atoms with van der Waals surface area (Å²) in [4.78, 5) is 27.1. The van der Waals surface area contributed by atoms with Gasteiger partial charge in [0.15, 0.2) is 6.61 Å². The number of nitro benzene ring substituents is 1. The van der Waals surface area contributed by atoms with Crippen molar-refractivity contribution in [2.45, 2.75) is 6.92 Å². The van der Waals surface area contributed by atoms with Gasteiger partial charge in [-0.3, -0.25) is 14.9 Å². The van der Waals surface area contributed by atoms with Gasteiger partial charge in [0.25, 0.3) is 11.6 Å². The molecule has 0 spiro atoms. The van der Waals surface area contributed by atoms with E-state index < -0.39 is 4.92 Å². The Hall–Kier alpha value is -3.04. The number of nitro groups is 1. The number of ether oxygens (including phenoxy) is 1. The first-order chi connectivity index (χ1) is 13.0. The van der Waals surface area contributed by atoms with Gasteiger partial charge in [0.2, 0.25) is 0 Å². The maximum absolute atomic E-state index is 12.2. The summed E-state index contributed by atoms with van der Waals surface area (Å²) in [6.45, 7) is 1.76. The highest BCUT2D eigenvalue weighted by atomic mass is 32.1. The second-order valence-electron chi connectivity index (χ2n) is 5.76. The molecule has 0 aliphatic heterocycles. The van der Waals surface area contributed by atoms with Crippen LogP contribution in [0.4, 0.5) is 11.4 Å². The Bertz CT molecular complexity index is 1180. The SMILES string of the molecule is Cc1nc2c(cc(OCC(=O)Nc3cccc([N+](=O)[O-])c3)c3ccsc32)s1. The first-order valence-electron chi connectivity index (χ1n) is 7.96. The normalized spacial score (nSPS) is 11.0. The predicted octanol–water partition coefficient (Wildman–Crippen LogP) is 4.75. The molecule has 0 bridgehead atoms. The summed E-state index contributed by atoms with van der Waals surface area (Å²) in [5.41, 5.74) is 1.22. The fourth-order valence-electron chi connectivity index (χ4n) is 2.74. The molecular weight excluding hydrogens is 386 g/mol. The van der Waals surface area contributed by atoms with E-state index in [0.717, 1.165) is 25.3 Å². The zero-order valence-corrected chi connectivity index (χ0v) is 15.7. The summed E-state index contributed by atoms with van der Waals surface area (Å²) >= 11 is 3.16. The third kappa shape index (κ3) is 3.46. The van der Waals surface area contributed by atoms with Gasteiger partial charge in [0.05, 0.1) is 24.8 Å². The number of nitrogens with zero attached hydrogens (tertiary/aromatic N) is 2. The molecule has 0 fully saturated rings. The fraction of sp³-hybridized carbons (Fsp3) is 0.111. The van der Waals surface area contributed by atoms with E-state index in [2.05, 4.69) is 10.3 Å². The largest absolute Gasteiger partial charge is 0.483 e. The van der Waals surface area contributed by atoms with Crippen LogP contribution in [0.25, 0.3) is 20.3 Å². The molecule has 0 unspecified atom stereocenters. The number of benzene rings is 2. The number of carbonyl (C=O) groups excluding carboxylic acids is 1. The maximum Gasteiger partial charge on any atom is 0.271 e. The Labute approximate surface area is 161 Å². The van der Waals surface area contributed by atoms with Crippen molar-refractivity contribution in [1.82, 2.24) is 4.98 Å². The number of aromatic nitrogens is 1. The smallest absolute Gasteiger partial charge is 0.271 e. The molecule has 0 radical (unpaired) electrons. The van der Waals surface area contributed by atoms with E-state index in [4.69, 9.17) is 4.74 Å². The Morgan fingerprint density at radius 2 is 2.19 bits per heavy atom. The zero-order chi connectivity index (χ0) is 19.0. The molecule has 0 atom stereocenters. The Kier molecular flexibility index (Phi) is 4.46. The van der Waals surface area contributed by atoms with Gasteiger partial charge in [-0.15, -0.1) is 22.7 Å². The van der Waals surface area contributed by atoms with Gasteiger partial charge in [-0.2, -0.15) is 0 Å². The monoisotopic (exact) mass is 399 g/mol. The van der Waals surface area contributed by atoms with Crippen LogP contribution in [0.5, 0.6) is 5.75 Å². The molecule has 4 rings (SSSR count). The summed E-state index contributed by atoms with van der Waals surface area (Å²) in [5, 5.41) is 17.3. The number of thiophene rings is 1. The van der Waals surface area contributed by atoms with Crippen LogP contribution in [0.3, 0.4) is 0 Å². The molecule has 136 valence electrons. The second kappa shape index (κ2) is 6.93. The lowest BCUT2D eigenvalue weighted by atomic mass is 10.2. The standard InChI is InChI=1S/C18H13N3O4S2/c1-10-19-17-15(27-10)8-14(13-5-6-26-18(13)17)25-9-16(22)20-11-3-2-4-12(7-11)21(23)24/h2-8H,9H2,1H3,(H,20,22). The van der Waals surface area contributed by atoms with E-state index in [1.807, 2.05) is 24.4 Å². The quantitative estimate of drug-likeness (QED) is 0.386. The number of anilines is 1. The van der Waals surface area contributed by atoms with Gasteiger partial charge in [0, 0.05) is 29.3 Å². The third-order valence-electron chi connectivity index (χ3n) is 3.87. The predicted molar refractivity (Wildman–Crippen MR) is 107 cm³/mol. The average molecular weight is 399 g/mol. The van der Waals surface area contributed by atoms with Crippen molar-refractivity contribution in [2.75, 3.05) is 11.9 Å². The molecule has 1 amide bonds. The topological polar surface area (TPSA) is 94.4 Å². The highest BCUT2D eigenvalue weighted by molar-refractivity contribution is 7.21. The molecular formula is C18H13N3O4S2. The van der Waals surface area contributed by atoms with Crippen molar-refractivity contribution >= 4 is 60.3 Å². The maximum atomic E-state index is 12.2. The van der Waals surface area contributed by atoms with Gasteiger partial charge in [-0.05, 0) is 24.4 Å². The molecule has 2 aromatic carbocycles. The molecule has 4 aromatic rings. The van der Waals surface area contributed by atoms with Crippen LogP contribution in [-0.2, 0) is 4.79 Å². The van der Waals surface area contributed by atoms with Crippen LogP contribution >= 0.6 is 22.7 Å². The van der Waals surface area contributed by atoms with Crippen molar-refractivity contribution in [3.05, 3.63) is 56.9 Å². The molecule has 2 aromatic heterocycles. The summed E-state index contributed by atoms with van der Waals surface area (Å²) < 4.78 is 7.79. The first kappa shape index (κ1) is 17.4. The number of thiazole rings is 1. The van der Waals surface area contributed by atoms with Gasteiger partial charge in [0.1, 0.15) is 5.75 Å². The Morgan fingerprint density at radius 3 is 3.00 bits per heavy atom. The minimum absolute atomic E-state index is 0.0836. The van der Waals surface area contributed by atoms with Crippen LogP contribution in [-0.4, -0.2) is 22.4 Å². The number of carbonyl (C=O) groups is 1. The summed E-state index contributed by atoms with van der Waals surface area (Å²) in [6, 6.07) is 9.63. The second-order valence-corrected chi connectivity index (χ2v) is 7.91. The fourth-order valence-corrected chi connectivity index (χ4v) is 4.58. The highest BCUT2D eigenvalue weighted by Crippen LogP contribution is 2.38. The zero-order valence-electron chi connectivity index (χ0n) is 14.1. The van der Waals surface area contributed by atoms with Crippen LogP contribution in [0.1, 0.15) is 5.01 Å². The van der Waals surface area contributed by atoms with Crippen LogP contribution < -0.4 is 10.1 Å². The number of amides is 1. The lowest BCUT2D eigenvalue weighted by molar-refractivity contribution is -0.384. The van der Waals surface area contributed by atoms with Crippen molar-refractivity contribution < 1.29 is 14.5 Å². The van der Waals surface area contributed by atoms with E-state index in [-0.39, 0.29) is 18.2 Å². The summed E-state index contributed by atoms with van der Waals surface area (Å²) in [6.07, 6.45) is 0. The number of fused-ring (bicyclic) bond motifs is 3. The number of nitrogens with one attached hydrogen (secondary N) is 1. The average Bonchev–Trinajstić information content (AvgIpc) is 3.25. The van der Waals surface area contributed by atoms with Crippen LogP contribution in [0, 0.1) is 17.0 Å². The molecule has 0 saturated carbocycles. The number of hydrogen-bond acceptors (Lipinski definition) is 7. The van der Waals surface area contributed by atoms with Crippen LogP contribution in [0.15, 0.2) is 41.8 Å². The van der Waals surface area contributed by atoms with E-state index in [1.54, 1.807) is 28.7 Å². The number of aryl methyl sites for hydroxylation is 1. The first-order valence-corrected chi connectivity index (χ1v) is 9.65. The van der Waals surface area contributed by atoms with E-state index in [9.17, 15) is 14.9 Å². The molecule has 0 aliphatic carbocycles. The van der Waals surface area contributed by atoms with Crippen molar-refractivity contribution in [1.29, 1.82) is 0 Å². The Morgan fingerprint density at radius 1 is 1.33 bits per heavy atom. The van der Waals surface area contributed by atoms with Gasteiger partial charge < -0.3 is 10.1 Å². The molecule has 1 N–H and O–H groups in total. The lowest BCUT2D eigenvalue weighted by Gasteiger charge is -2.09. The van der Waals surface area contributed by atoms with E-state index in [0.29, 0.717) is 11.4 Å².